The van der Waals surface area contributed by atoms with Crippen molar-refractivity contribution < 1.29 is 39.1 Å². The Kier molecular flexibility index (Phi) is 8.58. The van der Waals surface area contributed by atoms with Crippen LogP contribution in [0.2, 0.25) is 0 Å². The number of carbonyl (C=O) groups is 2. The van der Waals surface area contributed by atoms with Crippen LogP contribution in [0.1, 0.15) is 64.4 Å². The quantitative estimate of drug-likeness (QED) is 0.242. The summed E-state index contributed by atoms with van der Waals surface area (Å²) in [5.74, 6) is 0.876. The number of piperazine rings is 1. The zero-order valence-electron chi connectivity index (χ0n) is 28.4. The van der Waals surface area contributed by atoms with Crippen LogP contribution in [-0.4, -0.2) is 88.8 Å². The molecule has 0 radical (unpaired) electrons. The fourth-order valence-corrected chi connectivity index (χ4v) is 8.48. The third-order valence-corrected chi connectivity index (χ3v) is 10.8. The number of benzene rings is 3. The summed E-state index contributed by atoms with van der Waals surface area (Å²) >= 11 is 0. The van der Waals surface area contributed by atoms with Gasteiger partial charge in [0.05, 0.1) is 25.2 Å². The molecule has 1 unspecified atom stereocenters. The van der Waals surface area contributed by atoms with Gasteiger partial charge in [-0.05, 0) is 63.8 Å². The number of aliphatic hydroxyl groups excluding tert-OH is 1. The molecule has 2 bridgehead atoms. The van der Waals surface area contributed by atoms with Crippen molar-refractivity contribution in [2.75, 3.05) is 27.5 Å². The highest BCUT2D eigenvalue weighted by Crippen LogP contribution is 2.57. The van der Waals surface area contributed by atoms with Crippen LogP contribution < -0.4 is 24.8 Å². The Labute approximate surface area is 285 Å². The van der Waals surface area contributed by atoms with E-state index in [0.717, 1.165) is 22.3 Å². The highest BCUT2D eigenvalue weighted by atomic mass is 16.7. The highest BCUT2D eigenvalue weighted by Gasteiger charge is 2.56. The number of fused-ring (bicyclic) bond motifs is 9. The van der Waals surface area contributed by atoms with Crippen LogP contribution in [0.4, 0.5) is 0 Å². The molecule has 3 aromatic rings. The number of aromatic hydroxyl groups is 2. The molecular formula is C37H44N4O8. The molecule has 3 aromatic carbocycles. The maximum atomic E-state index is 13.5. The maximum Gasteiger partial charge on any atom is 0.242 e. The van der Waals surface area contributed by atoms with Gasteiger partial charge in [-0.1, -0.05) is 36.4 Å². The van der Waals surface area contributed by atoms with Gasteiger partial charge in [0.1, 0.15) is 18.0 Å². The summed E-state index contributed by atoms with van der Waals surface area (Å²) < 4.78 is 17.4. The number of methoxy groups -OCH3 is 1. The zero-order chi connectivity index (χ0) is 34.7. The molecule has 1 fully saturated rings. The largest absolute Gasteiger partial charge is 0.507 e. The molecule has 12 nitrogen and oxygen atoms in total. The summed E-state index contributed by atoms with van der Waals surface area (Å²) in [6.45, 7) is 5.35. The lowest BCUT2D eigenvalue weighted by molar-refractivity contribution is -0.172. The Balaban J connectivity index is 1.22. The molecule has 260 valence electrons. The number of hydrogen-bond donors (Lipinski definition) is 5. The molecule has 4 heterocycles. The van der Waals surface area contributed by atoms with Crippen molar-refractivity contribution in [2.45, 2.75) is 82.9 Å². The Morgan fingerprint density at radius 3 is 2.51 bits per heavy atom. The van der Waals surface area contributed by atoms with Crippen molar-refractivity contribution in [3.05, 3.63) is 75.3 Å². The van der Waals surface area contributed by atoms with E-state index in [2.05, 4.69) is 15.5 Å². The van der Waals surface area contributed by atoms with E-state index in [-0.39, 0.29) is 55.2 Å². The summed E-state index contributed by atoms with van der Waals surface area (Å²) in [5.41, 5.74) is 5.39. The van der Waals surface area contributed by atoms with E-state index < -0.39 is 24.4 Å². The van der Waals surface area contributed by atoms with Gasteiger partial charge in [0.2, 0.25) is 18.6 Å². The van der Waals surface area contributed by atoms with Crippen molar-refractivity contribution >= 4 is 11.8 Å². The molecule has 49 heavy (non-hydrogen) atoms. The number of amides is 2. The van der Waals surface area contributed by atoms with Crippen LogP contribution in [0.5, 0.6) is 28.7 Å². The van der Waals surface area contributed by atoms with Crippen LogP contribution in [0.15, 0.2) is 36.4 Å². The average molecular weight is 673 g/mol. The van der Waals surface area contributed by atoms with Gasteiger partial charge >= 0.3 is 0 Å². The Morgan fingerprint density at radius 1 is 1.04 bits per heavy atom. The number of hydrogen-bond acceptors (Lipinski definition) is 10. The summed E-state index contributed by atoms with van der Waals surface area (Å²) in [5, 5.41) is 41.2. The minimum atomic E-state index is -0.962. The van der Waals surface area contributed by atoms with Gasteiger partial charge < -0.3 is 40.2 Å². The molecule has 1 saturated heterocycles. The first-order valence-corrected chi connectivity index (χ1v) is 16.8. The van der Waals surface area contributed by atoms with Crippen LogP contribution in [-0.2, 0) is 28.9 Å². The maximum absolute atomic E-state index is 13.5. The van der Waals surface area contributed by atoms with Gasteiger partial charge in [0.25, 0.3) is 0 Å². The monoisotopic (exact) mass is 672 g/mol. The van der Waals surface area contributed by atoms with Crippen molar-refractivity contribution in [1.82, 2.24) is 20.4 Å². The van der Waals surface area contributed by atoms with Gasteiger partial charge in [-0.15, -0.1) is 0 Å². The van der Waals surface area contributed by atoms with Gasteiger partial charge in [-0.25, -0.2) is 0 Å². The second-order valence-electron chi connectivity index (χ2n) is 13.6. The van der Waals surface area contributed by atoms with Crippen LogP contribution in [0, 0.1) is 13.8 Å². The molecule has 4 aliphatic rings. The number of likely N-dealkylation sites (N-methyl/N-ethyl adjacent to an activating group) is 1. The third kappa shape index (κ3) is 5.42. The molecule has 0 spiro atoms. The summed E-state index contributed by atoms with van der Waals surface area (Å²) in [6, 6.07) is 9.16. The van der Waals surface area contributed by atoms with Gasteiger partial charge in [-0.2, -0.15) is 0 Å². The number of rotatable bonds is 8. The first-order valence-electron chi connectivity index (χ1n) is 16.8. The van der Waals surface area contributed by atoms with Crippen LogP contribution in [0.3, 0.4) is 0 Å². The minimum absolute atomic E-state index is 0.0163. The molecule has 2 amide bonds. The third-order valence-electron chi connectivity index (χ3n) is 10.8. The standard InChI is InChI=1S/C37H44N4O8/c1-18-13-22-14-25-37(46)41-24(30(40(25)4)28(22)32(44)33(18)47-5)15-23-29(35-34(48-17-49-35)19(2)31(23)43)26(41)16-38-36(45)20(3)39-27(42)12-11-21-9-7-6-8-10-21/h6-10,13,20,24-26,30,37,43-44,46H,11-12,14-17H2,1-5H3,(H,38,45)(H,39,42)/t20-,24?,25-,26-,30-,37-/m0/s1. The second kappa shape index (κ2) is 12.7. The number of nitrogens with one attached hydrogen (secondary N) is 2. The fourth-order valence-electron chi connectivity index (χ4n) is 8.48. The Morgan fingerprint density at radius 2 is 1.78 bits per heavy atom. The van der Waals surface area contributed by atoms with E-state index in [4.69, 9.17) is 14.2 Å². The summed E-state index contributed by atoms with van der Waals surface area (Å²) in [6.07, 6.45) is 0.669. The number of carbonyl (C=O) groups excluding carboxylic acids is 2. The van der Waals surface area contributed by atoms with Gasteiger partial charge in [0, 0.05) is 41.3 Å². The number of ether oxygens (including phenoxy) is 3. The normalized spacial score (nSPS) is 24.3. The molecule has 0 aliphatic carbocycles. The minimum Gasteiger partial charge on any atom is -0.507 e. The highest BCUT2D eigenvalue weighted by molar-refractivity contribution is 5.87. The van der Waals surface area contributed by atoms with Crippen LogP contribution in [0.25, 0.3) is 0 Å². The lowest BCUT2D eigenvalue weighted by Crippen LogP contribution is -2.69. The van der Waals surface area contributed by atoms with E-state index in [9.17, 15) is 24.9 Å². The number of aryl methyl sites for hydroxylation is 2. The molecule has 7 rings (SSSR count). The predicted molar refractivity (Wildman–Crippen MR) is 180 cm³/mol. The Bertz CT molecular complexity index is 1800. The molecule has 12 heteroatoms. The second-order valence-corrected chi connectivity index (χ2v) is 13.6. The van der Waals surface area contributed by atoms with E-state index in [1.807, 2.05) is 55.3 Å². The molecule has 0 saturated carbocycles. The first-order chi connectivity index (χ1) is 23.5. The van der Waals surface area contributed by atoms with Crippen molar-refractivity contribution in [1.29, 1.82) is 0 Å². The topological polar surface area (TPSA) is 153 Å². The van der Waals surface area contributed by atoms with Crippen molar-refractivity contribution in [3.8, 4) is 28.7 Å². The number of phenolic OH excluding ortho intramolecular Hbond substituents is 2. The van der Waals surface area contributed by atoms with E-state index in [1.165, 1.54) is 7.11 Å². The SMILES string of the molecule is COc1c(C)cc2c(c1O)[C@@H]1C3Cc4c(O)c(C)c5c(c4[C@H](CNC(=O)[C@H](C)NC(=O)CCc4ccccc4)N3[C@@H](O)[C@H](C2)N1C)OCO5. The van der Waals surface area contributed by atoms with E-state index in [1.54, 1.807) is 13.8 Å². The molecule has 4 aliphatic heterocycles. The fraction of sp³-hybridized carbons (Fsp3) is 0.459. The summed E-state index contributed by atoms with van der Waals surface area (Å²) in [7, 11) is 3.48. The van der Waals surface area contributed by atoms with Gasteiger partial charge in [0.15, 0.2) is 23.0 Å². The smallest absolute Gasteiger partial charge is 0.242 e. The number of phenols is 2. The number of nitrogens with zero attached hydrogens (tertiary/aromatic N) is 2. The molecule has 5 N–H and O–H groups in total. The lowest BCUT2D eigenvalue weighted by Gasteiger charge is -2.60. The Hall–Kier alpha value is -4.52. The van der Waals surface area contributed by atoms with E-state index >= 15 is 0 Å². The summed E-state index contributed by atoms with van der Waals surface area (Å²) in [4.78, 5) is 30.3. The zero-order valence-corrected chi connectivity index (χ0v) is 28.4. The lowest BCUT2D eigenvalue weighted by atomic mass is 9.73. The number of aliphatic hydroxyl groups is 1. The molecule has 0 aromatic heterocycles. The average Bonchev–Trinajstić information content (AvgIpc) is 3.58. The van der Waals surface area contributed by atoms with E-state index in [0.29, 0.717) is 53.2 Å². The van der Waals surface area contributed by atoms with Gasteiger partial charge in [-0.3, -0.25) is 19.4 Å². The predicted octanol–water partition coefficient (Wildman–Crippen LogP) is 2.90. The molecule has 6 atom stereocenters. The first kappa shape index (κ1) is 33.0. The molecular weight excluding hydrogens is 628 g/mol. The van der Waals surface area contributed by atoms with Crippen LogP contribution >= 0.6 is 0 Å². The van der Waals surface area contributed by atoms with Crippen molar-refractivity contribution in [3.63, 3.8) is 0 Å². The van der Waals surface area contributed by atoms with Crippen molar-refractivity contribution in [2.24, 2.45) is 0 Å².